The summed E-state index contributed by atoms with van der Waals surface area (Å²) in [4.78, 5) is 13.7. The van der Waals surface area contributed by atoms with Crippen molar-refractivity contribution in [3.05, 3.63) is 12.3 Å². The maximum Gasteiger partial charge on any atom is 0.320 e. The van der Waals surface area contributed by atoms with Crippen molar-refractivity contribution >= 4 is 11.8 Å². The Kier molecular flexibility index (Phi) is 7.03. The minimum absolute atomic E-state index is 0.140. The molecule has 1 heterocycles. The van der Waals surface area contributed by atoms with E-state index >= 15 is 0 Å². The zero-order chi connectivity index (χ0) is 15.0. The Balaban J connectivity index is 2.31. The minimum Gasteiger partial charge on any atom is -0.396 e. The predicted octanol–water partition coefficient (Wildman–Crippen LogP) is 0.585. The van der Waals surface area contributed by atoms with Crippen molar-refractivity contribution in [3.63, 3.8) is 0 Å². The van der Waals surface area contributed by atoms with Crippen LogP contribution in [0.2, 0.25) is 0 Å². The molecule has 1 unspecified atom stereocenters. The van der Waals surface area contributed by atoms with Crippen molar-refractivity contribution in [2.45, 2.75) is 19.9 Å². The first kappa shape index (κ1) is 16.5. The van der Waals surface area contributed by atoms with Gasteiger partial charge in [0.05, 0.1) is 6.54 Å². The molecule has 7 nitrogen and oxygen atoms in total. The molecule has 0 aliphatic carbocycles. The molecular weight excluding hydrogens is 258 g/mol. The number of hydrogen-bond acceptors (Lipinski definition) is 4. The third-order valence-electron chi connectivity index (χ3n) is 2.89. The Morgan fingerprint density at radius 2 is 2.30 bits per heavy atom. The molecule has 0 aliphatic heterocycles. The van der Waals surface area contributed by atoms with E-state index in [-0.39, 0.29) is 18.6 Å². The monoisotopic (exact) mass is 283 g/mol. The third kappa shape index (κ3) is 6.53. The topological polar surface area (TPSA) is 82.4 Å². The van der Waals surface area contributed by atoms with E-state index in [1.165, 1.54) is 0 Å². The minimum atomic E-state index is -0.271. The van der Waals surface area contributed by atoms with Gasteiger partial charge in [-0.3, -0.25) is 10.00 Å². The Morgan fingerprint density at radius 1 is 1.55 bits per heavy atom. The Labute approximate surface area is 120 Å². The molecule has 7 heteroatoms. The second-order valence-electron chi connectivity index (χ2n) is 5.22. The number of aliphatic hydroxyl groups is 1. The molecule has 0 saturated heterocycles. The number of likely N-dealkylation sites (N-methyl/N-ethyl adjacent to an activating group) is 1. The number of nitrogens with zero attached hydrogens (tertiary/aromatic N) is 3. The molecule has 1 aromatic rings. The summed E-state index contributed by atoms with van der Waals surface area (Å²) in [6.07, 6.45) is 2.52. The van der Waals surface area contributed by atoms with Gasteiger partial charge in [0.15, 0.2) is 5.82 Å². The van der Waals surface area contributed by atoms with E-state index in [9.17, 15) is 4.79 Å². The van der Waals surface area contributed by atoms with Gasteiger partial charge in [-0.05, 0) is 26.4 Å². The van der Waals surface area contributed by atoms with Crippen molar-refractivity contribution in [2.24, 2.45) is 5.92 Å². The SMILES string of the molecule is CC(CCO)CNC(=O)Nc1ccn(CCN(C)C)n1. The number of urea groups is 1. The van der Waals surface area contributed by atoms with Crippen LogP contribution in [-0.4, -0.2) is 59.6 Å². The van der Waals surface area contributed by atoms with E-state index < -0.39 is 0 Å². The third-order valence-corrected chi connectivity index (χ3v) is 2.89. The maximum absolute atomic E-state index is 11.7. The van der Waals surface area contributed by atoms with Crippen LogP contribution in [0, 0.1) is 5.92 Å². The van der Waals surface area contributed by atoms with Crippen molar-refractivity contribution in [1.82, 2.24) is 20.0 Å². The highest BCUT2D eigenvalue weighted by atomic mass is 16.3. The second-order valence-corrected chi connectivity index (χ2v) is 5.22. The molecule has 0 saturated carbocycles. The van der Waals surface area contributed by atoms with Gasteiger partial charge in [0.1, 0.15) is 0 Å². The fraction of sp³-hybridized carbons (Fsp3) is 0.692. The van der Waals surface area contributed by atoms with Crippen LogP contribution in [0.5, 0.6) is 0 Å². The van der Waals surface area contributed by atoms with Gasteiger partial charge in [-0.2, -0.15) is 5.10 Å². The first-order valence-corrected chi connectivity index (χ1v) is 6.85. The fourth-order valence-electron chi connectivity index (χ4n) is 1.61. The van der Waals surface area contributed by atoms with Crippen LogP contribution in [0.4, 0.5) is 10.6 Å². The highest BCUT2D eigenvalue weighted by molar-refractivity contribution is 5.88. The molecule has 0 fully saturated rings. The van der Waals surface area contributed by atoms with Gasteiger partial charge in [-0.25, -0.2) is 4.79 Å². The van der Waals surface area contributed by atoms with E-state index in [0.29, 0.717) is 18.8 Å². The van der Waals surface area contributed by atoms with E-state index in [2.05, 4.69) is 20.6 Å². The van der Waals surface area contributed by atoms with Crippen molar-refractivity contribution in [3.8, 4) is 0 Å². The highest BCUT2D eigenvalue weighted by Gasteiger charge is 2.07. The smallest absolute Gasteiger partial charge is 0.320 e. The number of nitrogens with one attached hydrogen (secondary N) is 2. The first-order chi connectivity index (χ1) is 9.51. The number of rotatable bonds is 8. The van der Waals surface area contributed by atoms with E-state index in [4.69, 9.17) is 5.11 Å². The summed E-state index contributed by atoms with van der Waals surface area (Å²) in [7, 11) is 4.01. The van der Waals surface area contributed by atoms with Crippen molar-refractivity contribution in [2.75, 3.05) is 39.1 Å². The number of aliphatic hydroxyl groups excluding tert-OH is 1. The van der Waals surface area contributed by atoms with Gasteiger partial charge < -0.3 is 15.3 Å². The van der Waals surface area contributed by atoms with Crippen molar-refractivity contribution in [1.29, 1.82) is 0 Å². The number of hydrogen-bond donors (Lipinski definition) is 3. The lowest BCUT2D eigenvalue weighted by Crippen LogP contribution is -2.32. The van der Waals surface area contributed by atoms with Crippen LogP contribution in [0.1, 0.15) is 13.3 Å². The Hall–Kier alpha value is -1.60. The normalized spacial score (nSPS) is 12.4. The van der Waals surface area contributed by atoms with Gasteiger partial charge >= 0.3 is 6.03 Å². The summed E-state index contributed by atoms with van der Waals surface area (Å²) in [6, 6.07) is 1.50. The standard InChI is InChI=1S/C13H25N5O2/c1-11(5-9-19)10-14-13(20)15-12-4-6-18(16-12)8-7-17(2)3/h4,6,11,19H,5,7-10H2,1-3H3,(H2,14,15,16,20). The van der Waals surface area contributed by atoms with E-state index in [1.54, 1.807) is 10.7 Å². The van der Waals surface area contributed by atoms with Crippen LogP contribution in [0.15, 0.2) is 12.3 Å². The average Bonchev–Trinajstić information content (AvgIpc) is 2.82. The lowest BCUT2D eigenvalue weighted by molar-refractivity contribution is 0.243. The number of carbonyl (C=O) groups excluding carboxylic acids is 1. The maximum atomic E-state index is 11.7. The summed E-state index contributed by atoms with van der Waals surface area (Å²) >= 11 is 0. The van der Waals surface area contributed by atoms with E-state index in [0.717, 1.165) is 13.1 Å². The molecule has 0 bridgehead atoms. The largest absolute Gasteiger partial charge is 0.396 e. The molecule has 1 rings (SSSR count). The molecule has 114 valence electrons. The summed E-state index contributed by atoms with van der Waals surface area (Å²) in [5.74, 6) is 0.791. The van der Waals surface area contributed by atoms with Crippen molar-refractivity contribution < 1.29 is 9.90 Å². The summed E-state index contributed by atoms with van der Waals surface area (Å²) in [5, 5.41) is 18.5. The zero-order valence-corrected chi connectivity index (χ0v) is 12.5. The molecule has 3 N–H and O–H groups in total. The molecule has 0 spiro atoms. The first-order valence-electron chi connectivity index (χ1n) is 6.85. The lowest BCUT2D eigenvalue weighted by atomic mass is 10.1. The summed E-state index contributed by atoms with van der Waals surface area (Å²) < 4.78 is 1.80. The molecule has 0 aliphatic rings. The second kappa shape index (κ2) is 8.55. The molecule has 0 radical (unpaired) electrons. The number of amides is 2. The lowest BCUT2D eigenvalue weighted by Gasteiger charge is -2.11. The summed E-state index contributed by atoms with van der Waals surface area (Å²) in [6.45, 7) is 4.33. The molecule has 2 amide bonds. The van der Waals surface area contributed by atoms with Crippen LogP contribution >= 0.6 is 0 Å². The number of aromatic nitrogens is 2. The Morgan fingerprint density at radius 3 is 2.95 bits per heavy atom. The zero-order valence-electron chi connectivity index (χ0n) is 12.5. The van der Waals surface area contributed by atoms with Gasteiger partial charge in [-0.15, -0.1) is 0 Å². The van der Waals surface area contributed by atoms with Gasteiger partial charge in [-0.1, -0.05) is 6.92 Å². The summed E-state index contributed by atoms with van der Waals surface area (Å²) in [5.41, 5.74) is 0. The van der Waals surface area contributed by atoms with Gasteiger partial charge in [0, 0.05) is 32.0 Å². The van der Waals surface area contributed by atoms with Crippen LogP contribution in [-0.2, 0) is 6.54 Å². The molecular formula is C13H25N5O2. The molecule has 0 aromatic carbocycles. The Bertz CT molecular complexity index is 405. The quantitative estimate of drug-likeness (QED) is 0.652. The van der Waals surface area contributed by atoms with E-state index in [1.807, 2.05) is 27.2 Å². The number of carbonyl (C=O) groups is 1. The molecule has 1 atom stereocenters. The molecule has 1 aromatic heterocycles. The van der Waals surface area contributed by atoms with Crippen LogP contribution in [0.3, 0.4) is 0 Å². The van der Waals surface area contributed by atoms with Gasteiger partial charge in [0.25, 0.3) is 0 Å². The fourth-order valence-corrected chi connectivity index (χ4v) is 1.61. The van der Waals surface area contributed by atoms with Crippen LogP contribution < -0.4 is 10.6 Å². The van der Waals surface area contributed by atoms with Gasteiger partial charge in [0.2, 0.25) is 0 Å². The molecule has 20 heavy (non-hydrogen) atoms. The van der Waals surface area contributed by atoms with Crippen LogP contribution in [0.25, 0.3) is 0 Å². The highest BCUT2D eigenvalue weighted by Crippen LogP contribution is 2.03. The number of anilines is 1. The average molecular weight is 283 g/mol. The predicted molar refractivity (Wildman–Crippen MR) is 78.7 cm³/mol.